The van der Waals surface area contributed by atoms with Crippen molar-refractivity contribution in [1.29, 1.82) is 0 Å². The first-order valence-corrected chi connectivity index (χ1v) is 6.55. The van der Waals surface area contributed by atoms with Crippen LogP contribution in [0.5, 0.6) is 5.75 Å². The molecule has 0 aliphatic heterocycles. The first kappa shape index (κ1) is 14.9. The molecule has 0 fully saturated rings. The molecule has 0 aromatic heterocycles. The van der Waals surface area contributed by atoms with Crippen LogP contribution in [0.4, 0.5) is 4.39 Å². The van der Waals surface area contributed by atoms with Gasteiger partial charge in [0, 0.05) is 12.4 Å². The minimum absolute atomic E-state index is 0.235. The van der Waals surface area contributed by atoms with Crippen molar-refractivity contribution in [3.63, 3.8) is 0 Å². The molecule has 1 aromatic rings. The Kier molecular flexibility index (Phi) is 6.07. The number of halogens is 2. The molecule has 6 heteroatoms. The number of phenolic OH excluding ortho intramolecular Hbond substituents is 1. The molecule has 1 rings (SSSR count). The van der Waals surface area contributed by atoms with E-state index in [0.29, 0.717) is 18.4 Å². The van der Waals surface area contributed by atoms with Crippen LogP contribution in [-0.4, -0.2) is 36.1 Å². The first-order chi connectivity index (χ1) is 8.60. The van der Waals surface area contributed by atoms with Crippen molar-refractivity contribution in [3.05, 3.63) is 29.6 Å². The largest absolute Gasteiger partial charge is 0.507 e. The van der Waals surface area contributed by atoms with E-state index in [4.69, 9.17) is 4.74 Å². The van der Waals surface area contributed by atoms with Crippen molar-refractivity contribution < 1.29 is 19.0 Å². The van der Waals surface area contributed by atoms with Crippen molar-refractivity contribution >= 4 is 21.8 Å². The number of ether oxygens (including phenoxy) is 1. The van der Waals surface area contributed by atoms with Crippen molar-refractivity contribution in [2.75, 3.05) is 19.0 Å². The predicted octanol–water partition coefficient (Wildman–Crippen LogP) is 2.06. The molecule has 18 heavy (non-hydrogen) atoms. The fourth-order valence-corrected chi connectivity index (χ4v) is 2.08. The number of carbonyl (C=O) groups is 1. The Morgan fingerprint density at radius 2 is 2.33 bits per heavy atom. The van der Waals surface area contributed by atoms with Gasteiger partial charge >= 0.3 is 0 Å². The molecule has 1 atom stereocenters. The quantitative estimate of drug-likeness (QED) is 0.789. The van der Waals surface area contributed by atoms with Gasteiger partial charge in [-0.2, -0.15) is 0 Å². The standard InChI is InChI=1S/C12H15BrFNO3/c1-18-7-8(5-6-13)15-12(17)11-9(14)3-2-4-10(11)16/h2-4,8,16H,5-7H2,1H3,(H,15,17). The summed E-state index contributed by atoms with van der Waals surface area (Å²) in [7, 11) is 1.52. The van der Waals surface area contributed by atoms with E-state index in [-0.39, 0.29) is 17.4 Å². The molecule has 1 unspecified atom stereocenters. The topological polar surface area (TPSA) is 58.6 Å². The second kappa shape index (κ2) is 7.33. The molecule has 0 radical (unpaired) electrons. The van der Waals surface area contributed by atoms with Gasteiger partial charge in [0.05, 0.1) is 12.6 Å². The molecule has 4 nitrogen and oxygen atoms in total. The summed E-state index contributed by atoms with van der Waals surface area (Å²) in [6, 6.07) is 3.51. The second-order valence-electron chi connectivity index (χ2n) is 3.74. The van der Waals surface area contributed by atoms with Crippen LogP contribution in [-0.2, 0) is 4.74 Å². The van der Waals surface area contributed by atoms with Crippen LogP contribution in [0.15, 0.2) is 18.2 Å². The lowest BCUT2D eigenvalue weighted by Gasteiger charge is -2.17. The average Bonchev–Trinajstić information content (AvgIpc) is 2.29. The molecule has 0 aliphatic carbocycles. The minimum Gasteiger partial charge on any atom is -0.507 e. The molecule has 0 aliphatic rings. The van der Waals surface area contributed by atoms with Crippen LogP contribution in [0.2, 0.25) is 0 Å². The maximum atomic E-state index is 13.5. The Morgan fingerprint density at radius 3 is 2.89 bits per heavy atom. The Morgan fingerprint density at radius 1 is 1.61 bits per heavy atom. The Hall–Kier alpha value is -1.14. The molecule has 100 valence electrons. The average molecular weight is 320 g/mol. The minimum atomic E-state index is -0.748. The van der Waals surface area contributed by atoms with Crippen LogP contribution < -0.4 is 5.32 Å². The van der Waals surface area contributed by atoms with Crippen molar-refractivity contribution in [1.82, 2.24) is 5.32 Å². The number of alkyl halides is 1. The highest BCUT2D eigenvalue weighted by Gasteiger charge is 2.19. The third kappa shape index (κ3) is 3.96. The van der Waals surface area contributed by atoms with E-state index in [1.807, 2.05) is 0 Å². The number of carbonyl (C=O) groups excluding carboxylic acids is 1. The van der Waals surface area contributed by atoms with Gasteiger partial charge in [-0.3, -0.25) is 4.79 Å². The summed E-state index contributed by atoms with van der Waals surface area (Å²) in [6.45, 7) is 0.326. The van der Waals surface area contributed by atoms with Crippen LogP contribution >= 0.6 is 15.9 Å². The van der Waals surface area contributed by atoms with Gasteiger partial charge in [0.25, 0.3) is 5.91 Å². The molecule has 2 N–H and O–H groups in total. The lowest BCUT2D eigenvalue weighted by molar-refractivity contribution is 0.0888. The summed E-state index contributed by atoms with van der Waals surface area (Å²) >= 11 is 3.26. The van der Waals surface area contributed by atoms with E-state index >= 15 is 0 Å². The summed E-state index contributed by atoms with van der Waals surface area (Å²) in [6.07, 6.45) is 0.648. The molecular weight excluding hydrogens is 305 g/mol. The third-order valence-electron chi connectivity index (χ3n) is 2.38. The summed E-state index contributed by atoms with van der Waals surface area (Å²) in [5.41, 5.74) is -0.340. The number of hydrogen-bond acceptors (Lipinski definition) is 3. The van der Waals surface area contributed by atoms with E-state index in [1.54, 1.807) is 0 Å². The number of hydrogen-bond donors (Lipinski definition) is 2. The Labute approximate surface area is 113 Å². The third-order valence-corrected chi connectivity index (χ3v) is 2.84. The van der Waals surface area contributed by atoms with E-state index in [1.165, 1.54) is 19.2 Å². The highest BCUT2D eigenvalue weighted by Crippen LogP contribution is 2.19. The number of aromatic hydroxyl groups is 1. The number of benzene rings is 1. The number of rotatable bonds is 6. The Balaban J connectivity index is 2.80. The molecular formula is C12H15BrFNO3. The lowest BCUT2D eigenvalue weighted by atomic mass is 10.1. The molecule has 0 bridgehead atoms. The van der Waals surface area contributed by atoms with Crippen LogP contribution in [0, 0.1) is 5.82 Å². The number of phenols is 1. The van der Waals surface area contributed by atoms with Gasteiger partial charge in [0.15, 0.2) is 0 Å². The summed E-state index contributed by atoms with van der Waals surface area (Å²) in [5.74, 6) is -1.77. The lowest BCUT2D eigenvalue weighted by Crippen LogP contribution is -2.38. The van der Waals surface area contributed by atoms with Crippen LogP contribution in [0.1, 0.15) is 16.8 Å². The normalized spacial score (nSPS) is 12.2. The van der Waals surface area contributed by atoms with Gasteiger partial charge < -0.3 is 15.2 Å². The molecule has 1 amide bonds. The molecule has 0 saturated heterocycles. The number of nitrogens with one attached hydrogen (secondary N) is 1. The predicted molar refractivity (Wildman–Crippen MR) is 69.6 cm³/mol. The van der Waals surface area contributed by atoms with Crippen LogP contribution in [0.25, 0.3) is 0 Å². The SMILES string of the molecule is COCC(CCBr)NC(=O)c1c(O)cccc1F. The van der Waals surface area contributed by atoms with Crippen LogP contribution in [0.3, 0.4) is 0 Å². The van der Waals surface area contributed by atoms with Crippen molar-refractivity contribution in [2.24, 2.45) is 0 Å². The maximum absolute atomic E-state index is 13.5. The fraction of sp³-hybridized carbons (Fsp3) is 0.417. The Bertz CT molecular complexity index is 388. The van der Waals surface area contributed by atoms with E-state index < -0.39 is 11.7 Å². The van der Waals surface area contributed by atoms with Gasteiger partial charge in [-0.15, -0.1) is 0 Å². The monoisotopic (exact) mass is 319 g/mol. The van der Waals surface area contributed by atoms with Gasteiger partial charge in [-0.1, -0.05) is 22.0 Å². The zero-order chi connectivity index (χ0) is 13.5. The molecule has 1 aromatic carbocycles. The zero-order valence-electron chi connectivity index (χ0n) is 9.95. The zero-order valence-corrected chi connectivity index (χ0v) is 11.5. The summed E-state index contributed by atoms with van der Waals surface area (Å²) in [4.78, 5) is 11.9. The molecule has 0 spiro atoms. The smallest absolute Gasteiger partial charge is 0.258 e. The van der Waals surface area contributed by atoms with Gasteiger partial charge in [-0.25, -0.2) is 4.39 Å². The van der Waals surface area contributed by atoms with Crippen molar-refractivity contribution in [2.45, 2.75) is 12.5 Å². The number of amides is 1. The number of methoxy groups -OCH3 is 1. The fourth-order valence-electron chi connectivity index (χ4n) is 1.53. The maximum Gasteiger partial charge on any atom is 0.258 e. The molecule has 0 saturated carbocycles. The van der Waals surface area contributed by atoms with Crippen molar-refractivity contribution in [3.8, 4) is 5.75 Å². The summed E-state index contributed by atoms with van der Waals surface area (Å²) in [5, 5.41) is 12.8. The highest BCUT2D eigenvalue weighted by atomic mass is 79.9. The van der Waals surface area contributed by atoms with E-state index in [2.05, 4.69) is 21.2 Å². The van der Waals surface area contributed by atoms with E-state index in [0.717, 1.165) is 6.07 Å². The van der Waals surface area contributed by atoms with E-state index in [9.17, 15) is 14.3 Å². The molecule has 0 heterocycles. The van der Waals surface area contributed by atoms with Gasteiger partial charge in [-0.05, 0) is 18.6 Å². The first-order valence-electron chi connectivity index (χ1n) is 5.43. The highest BCUT2D eigenvalue weighted by molar-refractivity contribution is 9.09. The van der Waals surface area contributed by atoms with Gasteiger partial charge in [0.1, 0.15) is 17.1 Å². The summed E-state index contributed by atoms with van der Waals surface area (Å²) < 4.78 is 18.4. The second-order valence-corrected chi connectivity index (χ2v) is 4.53. The van der Waals surface area contributed by atoms with Gasteiger partial charge in [0.2, 0.25) is 0 Å².